The molecule has 1 aliphatic rings. The van der Waals surface area contributed by atoms with Crippen LogP contribution in [0.1, 0.15) is 24.5 Å². The quantitative estimate of drug-likeness (QED) is 0.736. The third-order valence-electron chi connectivity index (χ3n) is 3.11. The minimum atomic E-state index is -0.671. The summed E-state index contributed by atoms with van der Waals surface area (Å²) in [4.78, 5) is 2.22. The number of rotatable bonds is 3. The first kappa shape index (κ1) is 10.6. The van der Waals surface area contributed by atoms with Crippen molar-refractivity contribution in [3.8, 4) is 0 Å². The summed E-state index contributed by atoms with van der Waals surface area (Å²) in [7, 11) is 0. The number of hydrogen-bond acceptors (Lipinski definition) is 1. The van der Waals surface area contributed by atoms with E-state index in [9.17, 15) is 4.39 Å². The average molecular weight is 207 g/mol. The Morgan fingerprint density at radius 2 is 2.07 bits per heavy atom. The first-order valence-corrected chi connectivity index (χ1v) is 5.72. The lowest BCUT2D eigenvalue weighted by atomic mass is 10.00. The molecule has 0 saturated carbocycles. The molecule has 1 unspecified atom stereocenters. The average Bonchev–Trinajstić information content (AvgIpc) is 2.29. The SMILES string of the molecule is CCC(F)CN1CCc2ccccc2C1. The summed E-state index contributed by atoms with van der Waals surface area (Å²) in [5, 5.41) is 0. The van der Waals surface area contributed by atoms with Crippen LogP contribution in [0.3, 0.4) is 0 Å². The first-order valence-electron chi connectivity index (χ1n) is 5.72. The summed E-state index contributed by atoms with van der Waals surface area (Å²) in [6.45, 7) is 4.40. The molecule has 0 N–H and O–H groups in total. The molecule has 1 aromatic carbocycles. The Morgan fingerprint density at radius 3 is 2.80 bits per heavy atom. The lowest BCUT2D eigenvalue weighted by Gasteiger charge is -2.29. The Kier molecular flexibility index (Phi) is 3.37. The van der Waals surface area contributed by atoms with Crippen molar-refractivity contribution in [3.05, 3.63) is 35.4 Å². The van der Waals surface area contributed by atoms with Gasteiger partial charge in [-0.25, -0.2) is 4.39 Å². The summed E-state index contributed by atoms with van der Waals surface area (Å²) in [5.74, 6) is 0. The largest absolute Gasteiger partial charge is 0.296 e. The van der Waals surface area contributed by atoms with Crippen LogP contribution < -0.4 is 0 Å². The van der Waals surface area contributed by atoms with Gasteiger partial charge in [-0.15, -0.1) is 0 Å². The maximum absolute atomic E-state index is 13.3. The van der Waals surface area contributed by atoms with E-state index < -0.39 is 6.17 Å². The third-order valence-corrected chi connectivity index (χ3v) is 3.11. The summed E-state index contributed by atoms with van der Waals surface area (Å²) < 4.78 is 13.3. The Hall–Kier alpha value is -0.890. The molecular formula is C13H18FN. The predicted molar refractivity (Wildman–Crippen MR) is 60.6 cm³/mol. The predicted octanol–water partition coefficient (Wildman–Crippen LogP) is 2.79. The topological polar surface area (TPSA) is 3.24 Å². The van der Waals surface area contributed by atoms with Crippen LogP contribution in [-0.4, -0.2) is 24.2 Å². The molecule has 2 rings (SSSR count). The normalized spacial score (nSPS) is 18.5. The van der Waals surface area contributed by atoms with E-state index in [2.05, 4.69) is 29.2 Å². The standard InChI is InChI=1S/C13H18FN/c1-2-13(14)10-15-8-7-11-5-3-4-6-12(11)9-15/h3-6,13H,2,7-10H2,1H3. The molecule has 15 heavy (non-hydrogen) atoms. The summed E-state index contributed by atoms with van der Waals surface area (Å²) in [5.41, 5.74) is 2.80. The van der Waals surface area contributed by atoms with Gasteiger partial charge in [0.05, 0.1) is 0 Å². The van der Waals surface area contributed by atoms with Crippen molar-refractivity contribution in [3.63, 3.8) is 0 Å². The molecule has 82 valence electrons. The van der Waals surface area contributed by atoms with Crippen LogP contribution in [0.2, 0.25) is 0 Å². The molecule has 0 aliphatic carbocycles. The number of alkyl halides is 1. The highest BCUT2D eigenvalue weighted by Gasteiger charge is 2.17. The number of nitrogens with zero attached hydrogens (tertiary/aromatic N) is 1. The molecule has 1 nitrogen and oxygen atoms in total. The van der Waals surface area contributed by atoms with E-state index in [-0.39, 0.29) is 0 Å². The van der Waals surface area contributed by atoms with Gasteiger partial charge in [0.1, 0.15) is 6.17 Å². The van der Waals surface area contributed by atoms with Crippen LogP contribution in [0.25, 0.3) is 0 Å². The van der Waals surface area contributed by atoms with Crippen LogP contribution >= 0.6 is 0 Å². The smallest absolute Gasteiger partial charge is 0.112 e. The third kappa shape index (κ3) is 2.57. The van der Waals surface area contributed by atoms with Crippen molar-refractivity contribution in [2.24, 2.45) is 0 Å². The minimum Gasteiger partial charge on any atom is -0.296 e. The molecule has 0 amide bonds. The maximum atomic E-state index is 13.3. The Morgan fingerprint density at radius 1 is 1.33 bits per heavy atom. The molecule has 0 aromatic heterocycles. The van der Waals surface area contributed by atoms with E-state index in [1.165, 1.54) is 11.1 Å². The van der Waals surface area contributed by atoms with E-state index in [4.69, 9.17) is 0 Å². The highest BCUT2D eigenvalue weighted by Crippen LogP contribution is 2.19. The zero-order valence-electron chi connectivity index (χ0n) is 9.25. The Balaban J connectivity index is 1.99. The van der Waals surface area contributed by atoms with Crippen LogP contribution in [-0.2, 0) is 13.0 Å². The van der Waals surface area contributed by atoms with Gasteiger partial charge in [0, 0.05) is 19.6 Å². The summed E-state index contributed by atoms with van der Waals surface area (Å²) >= 11 is 0. The Labute approximate surface area is 90.9 Å². The number of hydrogen-bond donors (Lipinski definition) is 0. The fourth-order valence-electron chi connectivity index (χ4n) is 2.12. The number of halogens is 1. The second-order valence-electron chi connectivity index (χ2n) is 4.26. The van der Waals surface area contributed by atoms with Crippen molar-refractivity contribution in [1.29, 1.82) is 0 Å². The zero-order chi connectivity index (χ0) is 10.7. The Bertz CT molecular complexity index is 324. The molecule has 0 radical (unpaired) electrons. The molecule has 1 heterocycles. The maximum Gasteiger partial charge on any atom is 0.112 e. The second kappa shape index (κ2) is 4.75. The van der Waals surface area contributed by atoms with Gasteiger partial charge in [-0.2, -0.15) is 0 Å². The molecular weight excluding hydrogens is 189 g/mol. The van der Waals surface area contributed by atoms with Crippen LogP contribution in [0.15, 0.2) is 24.3 Å². The van der Waals surface area contributed by atoms with Gasteiger partial charge in [0.2, 0.25) is 0 Å². The zero-order valence-corrected chi connectivity index (χ0v) is 9.25. The highest BCUT2D eigenvalue weighted by molar-refractivity contribution is 5.29. The van der Waals surface area contributed by atoms with Crippen molar-refractivity contribution < 1.29 is 4.39 Å². The molecule has 0 bridgehead atoms. The van der Waals surface area contributed by atoms with E-state index in [0.29, 0.717) is 13.0 Å². The molecule has 0 fully saturated rings. The van der Waals surface area contributed by atoms with Crippen molar-refractivity contribution in [2.75, 3.05) is 13.1 Å². The molecule has 0 saturated heterocycles. The lowest BCUT2D eigenvalue weighted by molar-refractivity contribution is 0.175. The fraction of sp³-hybridized carbons (Fsp3) is 0.538. The summed E-state index contributed by atoms with van der Waals surface area (Å²) in [6.07, 6.45) is 1.01. The van der Waals surface area contributed by atoms with Crippen LogP contribution in [0.5, 0.6) is 0 Å². The highest BCUT2D eigenvalue weighted by atomic mass is 19.1. The van der Waals surface area contributed by atoms with E-state index in [0.717, 1.165) is 19.5 Å². The van der Waals surface area contributed by atoms with E-state index in [1.807, 2.05) is 6.92 Å². The van der Waals surface area contributed by atoms with Gasteiger partial charge < -0.3 is 0 Å². The molecule has 2 heteroatoms. The second-order valence-corrected chi connectivity index (χ2v) is 4.26. The van der Waals surface area contributed by atoms with Gasteiger partial charge in [-0.3, -0.25) is 4.90 Å². The van der Waals surface area contributed by atoms with Crippen LogP contribution in [0.4, 0.5) is 4.39 Å². The minimum absolute atomic E-state index is 0.588. The van der Waals surface area contributed by atoms with Crippen molar-refractivity contribution >= 4 is 0 Å². The van der Waals surface area contributed by atoms with E-state index >= 15 is 0 Å². The van der Waals surface area contributed by atoms with Crippen LogP contribution in [0, 0.1) is 0 Å². The number of benzene rings is 1. The van der Waals surface area contributed by atoms with E-state index in [1.54, 1.807) is 0 Å². The van der Waals surface area contributed by atoms with Gasteiger partial charge in [-0.1, -0.05) is 31.2 Å². The summed E-state index contributed by atoms with van der Waals surface area (Å²) in [6, 6.07) is 8.48. The first-order chi connectivity index (χ1) is 7.29. The van der Waals surface area contributed by atoms with Crippen molar-refractivity contribution in [2.45, 2.75) is 32.5 Å². The van der Waals surface area contributed by atoms with Gasteiger partial charge in [0.25, 0.3) is 0 Å². The van der Waals surface area contributed by atoms with Crippen molar-refractivity contribution in [1.82, 2.24) is 4.90 Å². The fourth-order valence-corrected chi connectivity index (χ4v) is 2.12. The lowest BCUT2D eigenvalue weighted by Crippen LogP contribution is -2.35. The monoisotopic (exact) mass is 207 g/mol. The van der Waals surface area contributed by atoms with Gasteiger partial charge >= 0.3 is 0 Å². The molecule has 1 aliphatic heterocycles. The number of fused-ring (bicyclic) bond motifs is 1. The van der Waals surface area contributed by atoms with Gasteiger partial charge in [-0.05, 0) is 24.0 Å². The molecule has 1 aromatic rings. The van der Waals surface area contributed by atoms with Gasteiger partial charge in [0.15, 0.2) is 0 Å². The molecule has 1 atom stereocenters. The molecule has 0 spiro atoms.